The van der Waals surface area contributed by atoms with Crippen molar-refractivity contribution in [3.63, 3.8) is 0 Å². The monoisotopic (exact) mass is 196 g/mol. The lowest BCUT2D eigenvalue weighted by Gasteiger charge is -1.84. The summed E-state index contributed by atoms with van der Waals surface area (Å²) in [6, 6.07) is 0. The van der Waals surface area contributed by atoms with Crippen LogP contribution < -0.4 is 0 Å². The molecule has 0 N–H and O–H groups in total. The average Bonchev–Trinajstić information content (AvgIpc) is 2.08. The summed E-state index contributed by atoms with van der Waals surface area (Å²) < 4.78 is 13.5. The van der Waals surface area contributed by atoms with Crippen LogP contribution in [-0.2, 0) is 14.2 Å². The van der Waals surface area contributed by atoms with Crippen molar-refractivity contribution in [2.45, 2.75) is 27.7 Å². The summed E-state index contributed by atoms with van der Waals surface area (Å²) in [6.45, 7) is 5.75. The predicted molar refractivity (Wildman–Crippen MR) is 59.4 cm³/mol. The maximum Gasteiger partial charge on any atom is 0.0459 e. The van der Waals surface area contributed by atoms with E-state index in [2.05, 4.69) is 16.4 Å². The molecule has 3 heteroatoms. The van der Waals surface area contributed by atoms with Gasteiger partial charge in [-0.25, -0.2) is 0 Å². The SMILES string of the molecule is C.CCCOC.CCOC.COC. The second-order valence-electron chi connectivity index (χ2n) is 1.98. The van der Waals surface area contributed by atoms with Gasteiger partial charge in [0, 0.05) is 41.7 Å². The van der Waals surface area contributed by atoms with Gasteiger partial charge in [-0.15, -0.1) is 0 Å². The van der Waals surface area contributed by atoms with Crippen molar-refractivity contribution < 1.29 is 14.2 Å². The van der Waals surface area contributed by atoms with Crippen molar-refractivity contribution in [1.29, 1.82) is 0 Å². The Hall–Kier alpha value is -0.120. The Morgan fingerprint density at radius 1 is 0.846 bits per heavy atom. The summed E-state index contributed by atoms with van der Waals surface area (Å²) in [5, 5.41) is 0. The van der Waals surface area contributed by atoms with E-state index < -0.39 is 0 Å². The third-order valence-electron chi connectivity index (χ3n) is 0.697. The molecule has 0 fully saturated rings. The first kappa shape index (κ1) is 23.1. The van der Waals surface area contributed by atoms with Gasteiger partial charge in [0.1, 0.15) is 0 Å². The second-order valence-corrected chi connectivity index (χ2v) is 1.98. The maximum absolute atomic E-state index is 4.69. The molecule has 0 aliphatic heterocycles. The Balaban J connectivity index is -0.0000000465. The first-order chi connectivity index (χ1) is 5.74. The zero-order valence-electron chi connectivity index (χ0n) is 9.35. The highest BCUT2D eigenvalue weighted by molar-refractivity contribution is 4.15. The average molecular weight is 196 g/mol. The molecule has 0 heterocycles. The molecule has 3 nitrogen and oxygen atoms in total. The van der Waals surface area contributed by atoms with E-state index in [1.54, 1.807) is 28.4 Å². The summed E-state index contributed by atoms with van der Waals surface area (Å²) in [7, 11) is 6.64. The Bertz CT molecular complexity index is 37.2. The van der Waals surface area contributed by atoms with Gasteiger partial charge in [-0.05, 0) is 13.3 Å². The Labute approximate surface area is 84.4 Å². The van der Waals surface area contributed by atoms with Crippen molar-refractivity contribution >= 4 is 0 Å². The van der Waals surface area contributed by atoms with E-state index in [0.717, 1.165) is 19.6 Å². The summed E-state index contributed by atoms with van der Waals surface area (Å²) >= 11 is 0. The lowest BCUT2D eigenvalue weighted by Crippen LogP contribution is -1.80. The van der Waals surface area contributed by atoms with Gasteiger partial charge in [-0.3, -0.25) is 0 Å². The molecule has 0 amide bonds. The fourth-order valence-corrected chi connectivity index (χ4v) is 0.204. The third kappa shape index (κ3) is 140. The number of methoxy groups -OCH3 is 3. The van der Waals surface area contributed by atoms with E-state index in [4.69, 9.17) is 4.74 Å². The van der Waals surface area contributed by atoms with Gasteiger partial charge in [0.15, 0.2) is 0 Å². The first-order valence-corrected chi connectivity index (χ1v) is 4.12. The molecule has 0 aromatic carbocycles. The van der Waals surface area contributed by atoms with Gasteiger partial charge in [0.25, 0.3) is 0 Å². The molecule has 0 aromatic rings. The number of hydrogen-bond donors (Lipinski definition) is 0. The van der Waals surface area contributed by atoms with E-state index in [0.29, 0.717) is 0 Å². The van der Waals surface area contributed by atoms with Gasteiger partial charge in [0.2, 0.25) is 0 Å². The minimum atomic E-state index is 0. The quantitative estimate of drug-likeness (QED) is 0.694. The molecule has 13 heavy (non-hydrogen) atoms. The molecule has 0 saturated carbocycles. The molecule has 0 rings (SSSR count). The van der Waals surface area contributed by atoms with Crippen LogP contribution in [0.2, 0.25) is 0 Å². The topological polar surface area (TPSA) is 27.7 Å². The van der Waals surface area contributed by atoms with Crippen LogP contribution >= 0.6 is 0 Å². The molecular weight excluding hydrogens is 168 g/mol. The number of rotatable bonds is 3. The summed E-state index contributed by atoms with van der Waals surface area (Å²) in [5.74, 6) is 0. The molecule has 0 unspecified atom stereocenters. The van der Waals surface area contributed by atoms with Crippen LogP contribution in [0.3, 0.4) is 0 Å². The van der Waals surface area contributed by atoms with E-state index in [-0.39, 0.29) is 7.43 Å². The fourth-order valence-electron chi connectivity index (χ4n) is 0.204. The Morgan fingerprint density at radius 2 is 1.15 bits per heavy atom. The second kappa shape index (κ2) is 40.7. The van der Waals surface area contributed by atoms with E-state index in [9.17, 15) is 0 Å². The molecule has 0 aromatic heterocycles. The molecule has 0 atom stereocenters. The molecule has 0 aliphatic carbocycles. The van der Waals surface area contributed by atoms with E-state index in [1.807, 2.05) is 6.92 Å². The van der Waals surface area contributed by atoms with Gasteiger partial charge in [0.05, 0.1) is 0 Å². The van der Waals surface area contributed by atoms with Crippen LogP contribution in [0.4, 0.5) is 0 Å². The lowest BCUT2D eigenvalue weighted by molar-refractivity contribution is 0.199. The third-order valence-corrected chi connectivity index (χ3v) is 0.697. The van der Waals surface area contributed by atoms with Crippen molar-refractivity contribution in [1.82, 2.24) is 0 Å². The summed E-state index contributed by atoms with van der Waals surface area (Å²) in [6.07, 6.45) is 1.12. The summed E-state index contributed by atoms with van der Waals surface area (Å²) in [5.41, 5.74) is 0. The van der Waals surface area contributed by atoms with Crippen molar-refractivity contribution in [3.8, 4) is 0 Å². The van der Waals surface area contributed by atoms with Crippen LogP contribution in [0, 0.1) is 0 Å². The predicted octanol–water partition coefficient (Wildman–Crippen LogP) is 2.59. The highest BCUT2D eigenvalue weighted by Crippen LogP contribution is 1.70. The molecule has 0 aliphatic rings. The van der Waals surface area contributed by atoms with Crippen molar-refractivity contribution in [2.75, 3.05) is 41.7 Å². The highest BCUT2D eigenvalue weighted by Gasteiger charge is 1.66. The maximum atomic E-state index is 4.69. The first-order valence-electron chi connectivity index (χ1n) is 4.12. The lowest BCUT2D eigenvalue weighted by atomic mass is 10.5. The van der Waals surface area contributed by atoms with Gasteiger partial charge in [-0.2, -0.15) is 0 Å². The number of hydrogen-bond acceptors (Lipinski definition) is 3. The fraction of sp³-hybridized carbons (Fsp3) is 1.00. The zero-order valence-corrected chi connectivity index (χ0v) is 9.35. The van der Waals surface area contributed by atoms with Crippen LogP contribution in [0.1, 0.15) is 27.7 Å². The highest BCUT2D eigenvalue weighted by atomic mass is 16.5. The van der Waals surface area contributed by atoms with Crippen LogP contribution in [0.15, 0.2) is 0 Å². The van der Waals surface area contributed by atoms with Crippen LogP contribution in [0.25, 0.3) is 0 Å². The van der Waals surface area contributed by atoms with Crippen LogP contribution in [0.5, 0.6) is 0 Å². The van der Waals surface area contributed by atoms with Gasteiger partial charge < -0.3 is 14.2 Å². The zero-order chi connectivity index (χ0) is 10.2. The van der Waals surface area contributed by atoms with E-state index >= 15 is 0 Å². The molecule has 0 radical (unpaired) electrons. The molecule has 0 saturated heterocycles. The number of ether oxygens (including phenoxy) is 3. The van der Waals surface area contributed by atoms with Crippen molar-refractivity contribution in [2.24, 2.45) is 0 Å². The largest absolute Gasteiger partial charge is 0.388 e. The minimum Gasteiger partial charge on any atom is -0.388 e. The minimum absolute atomic E-state index is 0. The smallest absolute Gasteiger partial charge is 0.0459 e. The summed E-state index contributed by atoms with van der Waals surface area (Å²) in [4.78, 5) is 0. The van der Waals surface area contributed by atoms with Gasteiger partial charge >= 0.3 is 0 Å². The Kier molecular flexibility index (Phi) is 72.1. The molecular formula is C10H28O3. The Morgan fingerprint density at radius 3 is 1.15 bits per heavy atom. The molecule has 0 bridgehead atoms. The molecule has 0 spiro atoms. The van der Waals surface area contributed by atoms with Gasteiger partial charge in [-0.1, -0.05) is 14.4 Å². The molecule has 86 valence electrons. The normalized spacial score (nSPS) is 6.92. The van der Waals surface area contributed by atoms with Crippen LogP contribution in [-0.4, -0.2) is 41.7 Å². The van der Waals surface area contributed by atoms with E-state index in [1.165, 1.54) is 0 Å². The standard InChI is InChI=1S/C4H10O.C3H8O.C2H6O.CH4/c1-3-4-5-2;1-3-4-2;1-3-2;/h3-4H2,1-2H3;3H2,1-2H3;1-2H3;1H4. The van der Waals surface area contributed by atoms with Crippen molar-refractivity contribution in [3.05, 3.63) is 0 Å².